The van der Waals surface area contributed by atoms with Gasteiger partial charge >= 0.3 is 5.97 Å². The van der Waals surface area contributed by atoms with Gasteiger partial charge in [-0.2, -0.15) is 0 Å². The van der Waals surface area contributed by atoms with Crippen LogP contribution >= 0.6 is 0 Å². The van der Waals surface area contributed by atoms with Gasteiger partial charge in [0.2, 0.25) is 0 Å². The monoisotopic (exact) mass is 249 g/mol. The van der Waals surface area contributed by atoms with Gasteiger partial charge in [-0.3, -0.25) is 4.79 Å². The van der Waals surface area contributed by atoms with Crippen LogP contribution in [0.5, 0.6) is 5.75 Å². The Morgan fingerprint density at radius 1 is 1.22 bits per heavy atom. The number of benzene rings is 1. The van der Waals surface area contributed by atoms with Crippen LogP contribution in [0.25, 0.3) is 11.1 Å². The molecule has 18 heavy (non-hydrogen) atoms. The summed E-state index contributed by atoms with van der Waals surface area (Å²) < 4.78 is 13.1. The molecule has 0 spiro atoms. The van der Waals surface area contributed by atoms with Crippen molar-refractivity contribution >= 4 is 5.97 Å². The molecule has 0 aliphatic rings. The minimum Gasteiger partial charge on any atom is -0.507 e. The molecule has 1 aromatic carbocycles. The number of carbonyl (C=O) groups is 1. The van der Waals surface area contributed by atoms with Crippen molar-refractivity contribution in [1.29, 1.82) is 0 Å². The molecule has 92 valence electrons. The number of phenolic OH excluding ortho intramolecular Hbond substituents is 1. The molecule has 0 atom stereocenters. The fraction of sp³-hybridized carbons (Fsp3) is 0. The van der Waals surface area contributed by atoms with E-state index >= 15 is 0 Å². The van der Waals surface area contributed by atoms with Gasteiger partial charge in [0.1, 0.15) is 11.6 Å². The van der Waals surface area contributed by atoms with Crippen molar-refractivity contribution in [3.05, 3.63) is 52.2 Å². The average Bonchev–Trinajstić information content (AvgIpc) is 2.33. The zero-order chi connectivity index (χ0) is 13.3. The maximum atomic E-state index is 13.1. The SMILES string of the molecule is O=C(O)c1c[nH]c(=O)c(-c2cc(F)ccc2O)c1. The number of pyridine rings is 1. The van der Waals surface area contributed by atoms with Crippen molar-refractivity contribution in [2.75, 3.05) is 0 Å². The highest BCUT2D eigenvalue weighted by Crippen LogP contribution is 2.27. The summed E-state index contributed by atoms with van der Waals surface area (Å²) in [6.45, 7) is 0. The molecule has 0 unspecified atom stereocenters. The summed E-state index contributed by atoms with van der Waals surface area (Å²) in [7, 11) is 0. The summed E-state index contributed by atoms with van der Waals surface area (Å²) in [6, 6.07) is 4.17. The van der Waals surface area contributed by atoms with Crippen LogP contribution in [0, 0.1) is 5.82 Å². The molecule has 0 saturated carbocycles. The smallest absolute Gasteiger partial charge is 0.337 e. The number of nitrogens with one attached hydrogen (secondary N) is 1. The second kappa shape index (κ2) is 4.33. The first kappa shape index (κ1) is 11.8. The third kappa shape index (κ3) is 2.08. The topological polar surface area (TPSA) is 90.4 Å². The Labute approximate surface area is 100 Å². The number of halogens is 1. The van der Waals surface area contributed by atoms with Gasteiger partial charge in [-0.25, -0.2) is 9.18 Å². The Morgan fingerprint density at radius 2 is 1.94 bits per heavy atom. The van der Waals surface area contributed by atoms with E-state index < -0.39 is 17.3 Å². The molecule has 1 aromatic heterocycles. The number of aromatic carboxylic acids is 1. The van der Waals surface area contributed by atoms with Gasteiger partial charge in [-0.15, -0.1) is 0 Å². The number of hydrogen-bond donors (Lipinski definition) is 3. The molecule has 0 saturated heterocycles. The Morgan fingerprint density at radius 3 is 2.61 bits per heavy atom. The molecule has 3 N–H and O–H groups in total. The van der Waals surface area contributed by atoms with Gasteiger partial charge in [0.05, 0.1) is 11.1 Å². The number of aromatic nitrogens is 1. The lowest BCUT2D eigenvalue weighted by molar-refractivity contribution is 0.0696. The van der Waals surface area contributed by atoms with Gasteiger partial charge in [0.25, 0.3) is 5.56 Å². The minimum atomic E-state index is -1.23. The summed E-state index contributed by atoms with van der Waals surface area (Å²) in [5.74, 6) is -2.17. The zero-order valence-corrected chi connectivity index (χ0v) is 8.98. The van der Waals surface area contributed by atoms with E-state index in [0.717, 1.165) is 30.5 Å². The highest BCUT2D eigenvalue weighted by Gasteiger charge is 2.13. The van der Waals surface area contributed by atoms with Gasteiger partial charge in [-0.05, 0) is 24.3 Å². The zero-order valence-electron chi connectivity index (χ0n) is 8.98. The van der Waals surface area contributed by atoms with Gasteiger partial charge < -0.3 is 15.2 Å². The number of rotatable bonds is 2. The fourth-order valence-corrected chi connectivity index (χ4v) is 1.53. The third-order valence-corrected chi connectivity index (χ3v) is 2.40. The van der Waals surface area contributed by atoms with Crippen molar-refractivity contribution in [1.82, 2.24) is 4.98 Å². The average molecular weight is 249 g/mol. The lowest BCUT2D eigenvalue weighted by atomic mass is 10.0. The molecule has 0 aliphatic carbocycles. The van der Waals surface area contributed by atoms with E-state index in [1.54, 1.807) is 0 Å². The highest BCUT2D eigenvalue weighted by molar-refractivity contribution is 5.89. The molecule has 0 bridgehead atoms. The van der Waals surface area contributed by atoms with Crippen LogP contribution in [0.2, 0.25) is 0 Å². The van der Waals surface area contributed by atoms with Gasteiger partial charge in [0, 0.05) is 11.8 Å². The minimum absolute atomic E-state index is 0.0562. The predicted octanol–water partition coefficient (Wildman–Crippen LogP) is 1.58. The second-order valence-corrected chi connectivity index (χ2v) is 3.60. The number of carboxylic acid groups (broad SMARTS) is 1. The summed E-state index contributed by atoms with van der Waals surface area (Å²) in [6.07, 6.45) is 1.03. The number of aromatic amines is 1. The maximum absolute atomic E-state index is 13.1. The Bertz CT molecular complexity index is 678. The summed E-state index contributed by atoms with van der Waals surface area (Å²) in [4.78, 5) is 24.6. The van der Waals surface area contributed by atoms with Crippen molar-refractivity contribution in [3.8, 4) is 16.9 Å². The van der Waals surface area contributed by atoms with E-state index in [0.29, 0.717) is 0 Å². The Hall–Kier alpha value is -2.63. The van der Waals surface area contributed by atoms with Crippen LogP contribution in [-0.4, -0.2) is 21.2 Å². The van der Waals surface area contributed by atoms with E-state index in [-0.39, 0.29) is 22.4 Å². The number of H-pyrrole nitrogens is 1. The van der Waals surface area contributed by atoms with Crippen molar-refractivity contribution < 1.29 is 19.4 Å². The molecule has 1 heterocycles. The van der Waals surface area contributed by atoms with Crippen LogP contribution in [-0.2, 0) is 0 Å². The first-order valence-corrected chi connectivity index (χ1v) is 4.94. The van der Waals surface area contributed by atoms with Crippen molar-refractivity contribution in [2.45, 2.75) is 0 Å². The summed E-state index contributed by atoms with van der Waals surface area (Å²) in [5, 5.41) is 18.4. The predicted molar refractivity (Wildman–Crippen MR) is 61.1 cm³/mol. The first-order valence-electron chi connectivity index (χ1n) is 4.94. The number of aromatic hydroxyl groups is 1. The van der Waals surface area contributed by atoms with E-state index in [9.17, 15) is 19.1 Å². The summed E-state index contributed by atoms with van der Waals surface area (Å²) in [5.41, 5.74) is -0.930. The van der Waals surface area contributed by atoms with Crippen molar-refractivity contribution in [3.63, 3.8) is 0 Å². The lowest BCUT2D eigenvalue weighted by Gasteiger charge is -2.05. The lowest BCUT2D eigenvalue weighted by Crippen LogP contribution is -2.11. The van der Waals surface area contributed by atoms with E-state index in [1.165, 1.54) is 0 Å². The maximum Gasteiger partial charge on any atom is 0.337 e. The van der Waals surface area contributed by atoms with Gasteiger partial charge in [-0.1, -0.05) is 0 Å². The molecule has 0 radical (unpaired) electrons. The van der Waals surface area contributed by atoms with Crippen molar-refractivity contribution in [2.24, 2.45) is 0 Å². The van der Waals surface area contributed by atoms with E-state index in [1.807, 2.05) is 0 Å². The highest BCUT2D eigenvalue weighted by atomic mass is 19.1. The number of hydrogen-bond acceptors (Lipinski definition) is 3. The van der Waals surface area contributed by atoms with Crippen LogP contribution in [0.15, 0.2) is 35.3 Å². The van der Waals surface area contributed by atoms with E-state index in [4.69, 9.17) is 5.11 Å². The van der Waals surface area contributed by atoms with Crippen LogP contribution < -0.4 is 5.56 Å². The Balaban J connectivity index is 2.70. The molecule has 0 fully saturated rings. The quantitative estimate of drug-likeness (QED) is 0.753. The van der Waals surface area contributed by atoms with Crippen LogP contribution in [0.3, 0.4) is 0 Å². The van der Waals surface area contributed by atoms with Gasteiger partial charge in [0.15, 0.2) is 0 Å². The first-order chi connectivity index (χ1) is 8.49. The third-order valence-electron chi connectivity index (χ3n) is 2.40. The molecule has 2 aromatic rings. The van der Waals surface area contributed by atoms with Crippen LogP contribution in [0.1, 0.15) is 10.4 Å². The molecule has 5 nitrogen and oxygen atoms in total. The molecule has 0 aliphatic heterocycles. The van der Waals surface area contributed by atoms with E-state index in [2.05, 4.69) is 4.98 Å². The number of carboxylic acids is 1. The normalized spacial score (nSPS) is 10.3. The molecular formula is C12H8FNO4. The molecule has 0 amide bonds. The second-order valence-electron chi connectivity index (χ2n) is 3.60. The number of phenols is 1. The largest absolute Gasteiger partial charge is 0.507 e. The standard InChI is InChI=1S/C12H8FNO4/c13-7-1-2-10(15)8(4-7)9-3-6(12(17)18)5-14-11(9)16/h1-5,15H,(H,14,16)(H,17,18). The fourth-order valence-electron chi connectivity index (χ4n) is 1.53. The molecule has 2 rings (SSSR count). The molecular weight excluding hydrogens is 241 g/mol. The summed E-state index contributed by atoms with van der Waals surface area (Å²) >= 11 is 0. The Kier molecular flexibility index (Phi) is 2.85. The molecule has 6 heteroatoms. The van der Waals surface area contributed by atoms with Crippen LogP contribution in [0.4, 0.5) is 4.39 Å².